The molecule has 0 bridgehead atoms. The first kappa shape index (κ1) is 16.1. The number of rotatable bonds is 6. The van der Waals surface area contributed by atoms with Gasteiger partial charge in [0.2, 0.25) is 5.24 Å². The molecule has 19 heavy (non-hydrogen) atoms. The average molecular weight is 301 g/mol. The van der Waals surface area contributed by atoms with Gasteiger partial charge < -0.3 is 8.97 Å². The molecule has 1 aromatic heterocycles. The highest BCUT2D eigenvalue weighted by Gasteiger charge is 2.24. The predicted octanol–water partition coefficient (Wildman–Crippen LogP) is 3.19. The maximum Gasteiger partial charge on any atom is 0.245 e. The van der Waals surface area contributed by atoms with Crippen LogP contribution >= 0.6 is 11.6 Å². The first-order valence-electron chi connectivity index (χ1n) is 6.31. The zero-order valence-corrected chi connectivity index (χ0v) is 13.9. The molecule has 0 unspecified atom stereocenters. The van der Waals surface area contributed by atoms with E-state index in [1.807, 2.05) is 13.8 Å². The third-order valence-corrected chi connectivity index (χ3v) is 4.72. The molecule has 0 saturated carbocycles. The van der Waals surface area contributed by atoms with Crippen molar-refractivity contribution < 1.29 is 9.53 Å². The van der Waals surface area contributed by atoms with E-state index >= 15 is 0 Å². The minimum absolute atomic E-state index is 0.498. The van der Waals surface area contributed by atoms with Gasteiger partial charge in [-0.1, -0.05) is 19.6 Å². The van der Waals surface area contributed by atoms with Crippen molar-refractivity contribution in [2.24, 2.45) is 0 Å². The van der Waals surface area contributed by atoms with Crippen LogP contribution in [0.2, 0.25) is 19.6 Å². The summed E-state index contributed by atoms with van der Waals surface area (Å²) in [7, 11) is -1.59. The van der Waals surface area contributed by atoms with E-state index in [0.29, 0.717) is 13.2 Å². The fourth-order valence-corrected chi connectivity index (χ4v) is 4.18. The molecule has 0 amide bonds. The number of allylic oxidation sites excluding steroid dienone is 1. The number of ether oxygens (including phenoxy) is 1. The molecule has 0 aliphatic rings. The lowest BCUT2D eigenvalue weighted by Gasteiger charge is -2.23. The maximum absolute atomic E-state index is 10.9. The summed E-state index contributed by atoms with van der Waals surface area (Å²) in [6, 6.07) is 0. The summed E-state index contributed by atoms with van der Waals surface area (Å²) in [6.45, 7) is 11.8. The van der Waals surface area contributed by atoms with Gasteiger partial charge in [0, 0.05) is 6.61 Å². The van der Waals surface area contributed by atoms with Crippen molar-refractivity contribution in [3.63, 3.8) is 0 Å². The molecule has 0 radical (unpaired) electrons. The lowest BCUT2D eigenvalue weighted by Crippen LogP contribution is -2.35. The number of halogens is 1. The molecule has 1 rings (SSSR count). The van der Waals surface area contributed by atoms with Gasteiger partial charge in [-0.05, 0) is 37.6 Å². The first-order chi connectivity index (χ1) is 8.77. The lowest BCUT2D eigenvalue weighted by atomic mass is 10.3. The van der Waals surface area contributed by atoms with Crippen LogP contribution in [-0.2, 0) is 16.1 Å². The van der Waals surface area contributed by atoms with Crippen LogP contribution in [-0.4, -0.2) is 29.3 Å². The average Bonchev–Trinajstić information content (AvgIpc) is 2.59. The van der Waals surface area contributed by atoms with E-state index in [2.05, 4.69) is 28.9 Å². The van der Waals surface area contributed by atoms with E-state index < -0.39 is 13.5 Å². The largest absolute Gasteiger partial charge is 0.375 e. The van der Waals surface area contributed by atoms with Crippen molar-refractivity contribution in [1.29, 1.82) is 0 Å². The molecular weight excluding hydrogens is 280 g/mol. The normalized spacial score (nSPS) is 12.3. The van der Waals surface area contributed by atoms with Crippen LogP contribution in [0.25, 0.3) is 6.08 Å². The van der Waals surface area contributed by atoms with Crippen molar-refractivity contribution in [1.82, 2.24) is 9.22 Å². The standard InChI is InChI=1S/C13H21ClN2O2Si/c1-6-18-9-12-11(7-8-13(14)17)15-10(2)16(12)19(3,4)5/h7-8H,6,9H2,1-5H3. The second-order valence-corrected chi connectivity index (χ2v) is 10.4. The van der Waals surface area contributed by atoms with E-state index in [4.69, 9.17) is 16.3 Å². The van der Waals surface area contributed by atoms with Gasteiger partial charge in [-0.15, -0.1) is 0 Å². The number of hydrogen-bond donors (Lipinski definition) is 0. The van der Waals surface area contributed by atoms with Gasteiger partial charge in [0.1, 0.15) is 0 Å². The van der Waals surface area contributed by atoms with Gasteiger partial charge >= 0.3 is 0 Å². The van der Waals surface area contributed by atoms with Gasteiger partial charge in [0.05, 0.1) is 23.8 Å². The molecule has 0 aliphatic carbocycles. The topological polar surface area (TPSA) is 44.1 Å². The highest BCUT2D eigenvalue weighted by Crippen LogP contribution is 2.20. The Morgan fingerprint density at radius 3 is 2.58 bits per heavy atom. The number of carbonyl (C=O) groups is 1. The highest BCUT2D eigenvalue weighted by molar-refractivity contribution is 6.74. The molecule has 1 heterocycles. The monoisotopic (exact) mass is 300 g/mol. The molecule has 0 aromatic carbocycles. The van der Waals surface area contributed by atoms with Gasteiger partial charge in [-0.25, -0.2) is 4.98 Å². The third-order valence-electron chi connectivity index (χ3n) is 2.66. The Labute approximate surface area is 120 Å². The predicted molar refractivity (Wildman–Crippen MR) is 80.9 cm³/mol. The van der Waals surface area contributed by atoms with Crippen molar-refractivity contribution in [2.75, 3.05) is 6.61 Å². The Bertz CT molecular complexity index is 490. The van der Waals surface area contributed by atoms with Gasteiger partial charge in [0.15, 0.2) is 8.24 Å². The zero-order chi connectivity index (χ0) is 14.6. The molecule has 0 aliphatic heterocycles. The smallest absolute Gasteiger partial charge is 0.245 e. The van der Waals surface area contributed by atoms with Crippen molar-refractivity contribution >= 4 is 31.2 Å². The molecule has 0 fully saturated rings. The number of aromatic nitrogens is 2. The minimum Gasteiger partial charge on any atom is -0.375 e. The fraction of sp³-hybridized carbons (Fsp3) is 0.538. The van der Waals surface area contributed by atoms with Crippen LogP contribution in [0, 0.1) is 6.92 Å². The molecule has 6 heteroatoms. The summed E-state index contributed by atoms with van der Waals surface area (Å²) in [5.41, 5.74) is 1.79. The quantitative estimate of drug-likeness (QED) is 0.460. The summed E-state index contributed by atoms with van der Waals surface area (Å²) >= 11 is 5.34. The van der Waals surface area contributed by atoms with Crippen LogP contribution in [0.5, 0.6) is 0 Å². The third kappa shape index (κ3) is 4.30. The second-order valence-electron chi connectivity index (χ2n) is 5.27. The number of aryl methyl sites for hydroxylation is 1. The van der Waals surface area contributed by atoms with Crippen LogP contribution in [0.1, 0.15) is 24.1 Å². The Kier molecular flexibility index (Phi) is 5.52. The van der Waals surface area contributed by atoms with E-state index in [1.54, 1.807) is 6.08 Å². The van der Waals surface area contributed by atoms with E-state index in [1.165, 1.54) is 6.08 Å². The molecular formula is C13H21ClN2O2Si. The first-order valence-corrected chi connectivity index (χ1v) is 10.1. The van der Waals surface area contributed by atoms with Gasteiger partial charge in [-0.3, -0.25) is 4.79 Å². The Morgan fingerprint density at radius 1 is 1.47 bits per heavy atom. The number of carbonyl (C=O) groups excluding carboxylic acids is 1. The van der Waals surface area contributed by atoms with Crippen LogP contribution in [0.15, 0.2) is 6.08 Å². The van der Waals surface area contributed by atoms with Crippen LogP contribution in [0.4, 0.5) is 0 Å². The SMILES string of the molecule is CCOCc1c(C=CC(=O)Cl)nc(C)n1[Si](C)(C)C. The number of hydrogen-bond acceptors (Lipinski definition) is 3. The Balaban J connectivity index is 3.27. The highest BCUT2D eigenvalue weighted by atomic mass is 35.5. The maximum atomic E-state index is 10.9. The molecule has 1 aromatic rings. The van der Waals surface area contributed by atoms with Crippen LogP contribution in [0.3, 0.4) is 0 Å². The summed E-state index contributed by atoms with van der Waals surface area (Å²) in [4.78, 5) is 15.4. The molecule has 0 atom stereocenters. The minimum atomic E-state index is -1.59. The van der Waals surface area contributed by atoms with Crippen molar-refractivity contribution in [3.05, 3.63) is 23.3 Å². The van der Waals surface area contributed by atoms with Crippen molar-refractivity contribution in [2.45, 2.75) is 40.1 Å². The summed E-state index contributed by atoms with van der Waals surface area (Å²) in [5, 5.41) is -0.498. The fourth-order valence-electron chi connectivity index (χ4n) is 2.10. The van der Waals surface area contributed by atoms with Crippen molar-refractivity contribution in [3.8, 4) is 0 Å². The van der Waals surface area contributed by atoms with Gasteiger partial charge in [-0.2, -0.15) is 0 Å². The van der Waals surface area contributed by atoms with Gasteiger partial charge in [0.25, 0.3) is 0 Å². The molecule has 4 nitrogen and oxygen atoms in total. The summed E-state index contributed by atoms with van der Waals surface area (Å²) < 4.78 is 7.79. The van der Waals surface area contributed by atoms with E-state index in [9.17, 15) is 4.79 Å². The number of imidazole rings is 1. The Hall–Kier alpha value is -0.913. The molecule has 0 N–H and O–H groups in total. The van der Waals surface area contributed by atoms with E-state index in [0.717, 1.165) is 17.2 Å². The molecule has 106 valence electrons. The summed E-state index contributed by atoms with van der Waals surface area (Å²) in [5.74, 6) is 0.954. The summed E-state index contributed by atoms with van der Waals surface area (Å²) in [6.07, 6.45) is 2.99. The molecule has 0 spiro atoms. The number of nitrogens with zero attached hydrogens (tertiary/aromatic N) is 2. The zero-order valence-electron chi connectivity index (χ0n) is 12.2. The van der Waals surface area contributed by atoms with E-state index in [-0.39, 0.29) is 0 Å². The Morgan fingerprint density at radius 2 is 2.11 bits per heavy atom. The molecule has 0 saturated heterocycles. The second kappa shape index (κ2) is 6.50. The lowest BCUT2D eigenvalue weighted by molar-refractivity contribution is -0.107. The van der Waals surface area contributed by atoms with Crippen LogP contribution < -0.4 is 0 Å².